The SMILES string of the molecule is Cc1cc2ncn(-c3cccc(Cl)c3CCN)c2cc1C. The van der Waals surface area contributed by atoms with Gasteiger partial charge in [0.15, 0.2) is 0 Å². The van der Waals surface area contributed by atoms with Crippen LogP contribution in [0.2, 0.25) is 5.02 Å². The lowest BCUT2D eigenvalue weighted by atomic mass is 10.1. The van der Waals surface area contributed by atoms with Crippen molar-refractivity contribution in [1.29, 1.82) is 0 Å². The standard InChI is InChI=1S/C17H18ClN3/c1-11-8-15-17(9-12(11)2)21(10-20-15)16-5-3-4-14(18)13(16)6-7-19/h3-5,8-10H,6-7,19H2,1-2H3. The second kappa shape index (κ2) is 5.51. The van der Waals surface area contributed by atoms with Crippen LogP contribution in [0.3, 0.4) is 0 Å². The molecular formula is C17H18ClN3. The summed E-state index contributed by atoms with van der Waals surface area (Å²) >= 11 is 6.34. The zero-order valence-electron chi connectivity index (χ0n) is 12.2. The third-order valence-electron chi connectivity index (χ3n) is 3.91. The fourth-order valence-corrected chi connectivity index (χ4v) is 2.89. The van der Waals surface area contributed by atoms with Gasteiger partial charge in [0.25, 0.3) is 0 Å². The van der Waals surface area contributed by atoms with E-state index in [1.807, 2.05) is 18.5 Å². The predicted molar refractivity (Wildman–Crippen MR) is 88.3 cm³/mol. The van der Waals surface area contributed by atoms with Crippen molar-refractivity contribution in [2.75, 3.05) is 6.54 Å². The molecule has 1 aromatic heterocycles. The minimum atomic E-state index is 0.571. The second-order valence-corrected chi connectivity index (χ2v) is 5.72. The quantitative estimate of drug-likeness (QED) is 0.799. The maximum absolute atomic E-state index is 6.34. The number of imidazole rings is 1. The smallest absolute Gasteiger partial charge is 0.100 e. The van der Waals surface area contributed by atoms with Crippen LogP contribution >= 0.6 is 11.6 Å². The molecule has 0 aliphatic rings. The van der Waals surface area contributed by atoms with Gasteiger partial charge in [0, 0.05) is 5.02 Å². The van der Waals surface area contributed by atoms with Crippen LogP contribution in [-0.2, 0) is 6.42 Å². The minimum Gasteiger partial charge on any atom is -0.330 e. The van der Waals surface area contributed by atoms with E-state index in [2.05, 4.69) is 41.6 Å². The molecule has 0 saturated carbocycles. The molecule has 3 nitrogen and oxygen atoms in total. The van der Waals surface area contributed by atoms with E-state index in [1.54, 1.807) is 0 Å². The fourth-order valence-electron chi connectivity index (χ4n) is 2.62. The van der Waals surface area contributed by atoms with Crippen molar-refractivity contribution in [1.82, 2.24) is 9.55 Å². The maximum Gasteiger partial charge on any atom is 0.100 e. The summed E-state index contributed by atoms with van der Waals surface area (Å²) in [6, 6.07) is 10.2. The van der Waals surface area contributed by atoms with Crippen LogP contribution in [0.25, 0.3) is 16.7 Å². The summed E-state index contributed by atoms with van der Waals surface area (Å²) in [7, 11) is 0. The molecule has 0 saturated heterocycles. The van der Waals surface area contributed by atoms with Gasteiger partial charge in [-0.25, -0.2) is 4.98 Å². The van der Waals surface area contributed by atoms with E-state index in [0.29, 0.717) is 6.54 Å². The van der Waals surface area contributed by atoms with Crippen LogP contribution in [0.4, 0.5) is 0 Å². The zero-order chi connectivity index (χ0) is 15.0. The molecule has 0 bridgehead atoms. The number of rotatable bonds is 3. The van der Waals surface area contributed by atoms with Gasteiger partial charge < -0.3 is 5.73 Å². The molecule has 0 fully saturated rings. The van der Waals surface area contributed by atoms with Crippen molar-refractivity contribution in [3.63, 3.8) is 0 Å². The predicted octanol–water partition coefficient (Wildman–Crippen LogP) is 3.80. The number of nitrogens with two attached hydrogens (primary N) is 1. The van der Waals surface area contributed by atoms with Crippen LogP contribution in [0.1, 0.15) is 16.7 Å². The summed E-state index contributed by atoms with van der Waals surface area (Å²) in [6.45, 7) is 4.79. The van der Waals surface area contributed by atoms with Crippen molar-refractivity contribution < 1.29 is 0 Å². The summed E-state index contributed by atoms with van der Waals surface area (Å²) in [5.74, 6) is 0. The number of hydrogen-bond acceptors (Lipinski definition) is 2. The highest BCUT2D eigenvalue weighted by Gasteiger charge is 2.12. The molecule has 4 heteroatoms. The van der Waals surface area contributed by atoms with Crippen LogP contribution in [0.5, 0.6) is 0 Å². The normalized spacial score (nSPS) is 11.2. The summed E-state index contributed by atoms with van der Waals surface area (Å²) in [4.78, 5) is 4.52. The van der Waals surface area contributed by atoms with Crippen molar-refractivity contribution in [3.8, 4) is 5.69 Å². The first kappa shape index (κ1) is 14.1. The average Bonchev–Trinajstić information content (AvgIpc) is 2.84. The first-order valence-electron chi connectivity index (χ1n) is 7.04. The Hall–Kier alpha value is -1.84. The number of hydrogen-bond donors (Lipinski definition) is 1. The molecule has 2 aromatic carbocycles. The summed E-state index contributed by atoms with van der Waals surface area (Å²) in [5.41, 5.74) is 12.4. The summed E-state index contributed by atoms with van der Waals surface area (Å²) < 4.78 is 2.10. The highest BCUT2D eigenvalue weighted by Crippen LogP contribution is 2.27. The second-order valence-electron chi connectivity index (χ2n) is 5.32. The average molecular weight is 300 g/mol. The van der Waals surface area contributed by atoms with Gasteiger partial charge in [0.05, 0.1) is 16.7 Å². The third kappa shape index (κ3) is 2.43. The van der Waals surface area contributed by atoms with E-state index in [4.69, 9.17) is 17.3 Å². The maximum atomic E-state index is 6.34. The Morgan fingerprint density at radius 1 is 1.19 bits per heavy atom. The van der Waals surface area contributed by atoms with Gasteiger partial charge in [-0.2, -0.15) is 0 Å². The van der Waals surface area contributed by atoms with Gasteiger partial charge in [-0.15, -0.1) is 0 Å². The third-order valence-corrected chi connectivity index (χ3v) is 4.26. The topological polar surface area (TPSA) is 43.8 Å². The van der Waals surface area contributed by atoms with Crippen molar-refractivity contribution in [2.24, 2.45) is 5.73 Å². The lowest BCUT2D eigenvalue weighted by Gasteiger charge is -2.13. The lowest BCUT2D eigenvalue weighted by molar-refractivity contribution is 0.942. The molecule has 0 aliphatic carbocycles. The molecule has 21 heavy (non-hydrogen) atoms. The molecule has 0 atom stereocenters. The Morgan fingerprint density at radius 3 is 2.71 bits per heavy atom. The Morgan fingerprint density at radius 2 is 1.95 bits per heavy atom. The number of aromatic nitrogens is 2. The number of fused-ring (bicyclic) bond motifs is 1. The number of halogens is 1. The highest BCUT2D eigenvalue weighted by atomic mass is 35.5. The largest absolute Gasteiger partial charge is 0.330 e. The molecule has 0 spiro atoms. The Kier molecular flexibility index (Phi) is 3.70. The van der Waals surface area contributed by atoms with Gasteiger partial charge in [0.2, 0.25) is 0 Å². The number of benzene rings is 2. The molecule has 0 aliphatic heterocycles. The van der Waals surface area contributed by atoms with Gasteiger partial charge in [-0.1, -0.05) is 17.7 Å². The molecule has 1 heterocycles. The van der Waals surface area contributed by atoms with Gasteiger partial charge >= 0.3 is 0 Å². The monoisotopic (exact) mass is 299 g/mol. The zero-order valence-corrected chi connectivity index (χ0v) is 13.0. The van der Waals surface area contributed by atoms with Gasteiger partial charge in [-0.05, 0) is 67.8 Å². The Balaban J connectivity index is 2.26. The molecule has 0 radical (unpaired) electrons. The molecule has 108 valence electrons. The molecule has 3 aromatic rings. The van der Waals surface area contributed by atoms with Crippen LogP contribution in [0, 0.1) is 13.8 Å². The van der Waals surface area contributed by atoms with E-state index >= 15 is 0 Å². The van der Waals surface area contributed by atoms with E-state index in [0.717, 1.165) is 33.7 Å². The van der Waals surface area contributed by atoms with E-state index in [9.17, 15) is 0 Å². The van der Waals surface area contributed by atoms with Crippen LogP contribution in [0.15, 0.2) is 36.7 Å². The molecule has 2 N–H and O–H groups in total. The van der Waals surface area contributed by atoms with E-state index in [1.165, 1.54) is 11.1 Å². The highest BCUT2D eigenvalue weighted by molar-refractivity contribution is 6.31. The van der Waals surface area contributed by atoms with Crippen LogP contribution in [-0.4, -0.2) is 16.1 Å². The van der Waals surface area contributed by atoms with Crippen LogP contribution < -0.4 is 5.73 Å². The molecule has 0 unspecified atom stereocenters. The summed E-state index contributed by atoms with van der Waals surface area (Å²) in [5, 5.41) is 0.753. The van der Waals surface area contributed by atoms with Gasteiger partial charge in [-0.3, -0.25) is 4.57 Å². The first-order chi connectivity index (χ1) is 10.1. The molecule has 0 amide bonds. The van der Waals surface area contributed by atoms with E-state index in [-0.39, 0.29) is 0 Å². The van der Waals surface area contributed by atoms with Crippen molar-refractivity contribution in [3.05, 3.63) is 58.4 Å². The van der Waals surface area contributed by atoms with Crippen molar-refractivity contribution in [2.45, 2.75) is 20.3 Å². The fraction of sp³-hybridized carbons (Fsp3) is 0.235. The molecule has 3 rings (SSSR count). The lowest BCUT2D eigenvalue weighted by Crippen LogP contribution is -2.07. The van der Waals surface area contributed by atoms with E-state index < -0.39 is 0 Å². The van der Waals surface area contributed by atoms with Gasteiger partial charge in [0.1, 0.15) is 6.33 Å². The Labute approximate surface area is 129 Å². The number of aryl methyl sites for hydroxylation is 2. The first-order valence-corrected chi connectivity index (χ1v) is 7.41. The Bertz CT molecular complexity index is 805. The minimum absolute atomic E-state index is 0.571. The number of nitrogens with zero attached hydrogens (tertiary/aromatic N) is 2. The molecular weight excluding hydrogens is 282 g/mol. The summed E-state index contributed by atoms with van der Waals surface area (Å²) in [6.07, 6.45) is 2.61. The van der Waals surface area contributed by atoms with Crippen molar-refractivity contribution >= 4 is 22.6 Å².